The molecule has 1 aliphatic heterocycles. The summed E-state index contributed by atoms with van der Waals surface area (Å²) in [6, 6.07) is 9.39. The Balaban J connectivity index is 1.34. The average molecular weight is 459 g/mol. The summed E-state index contributed by atoms with van der Waals surface area (Å²) in [7, 11) is 2.33. The van der Waals surface area contributed by atoms with Gasteiger partial charge < -0.3 is 19.7 Å². The lowest BCUT2D eigenvalue weighted by Crippen LogP contribution is -2.48. The van der Waals surface area contributed by atoms with Gasteiger partial charge in [0.2, 0.25) is 0 Å². The number of rotatable bonds is 6. The number of nitrogens with one attached hydrogen (secondary N) is 1. The Hall–Kier alpha value is -3.41. The van der Waals surface area contributed by atoms with Crippen LogP contribution in [0.15, 0.2) is 54.4 Å². The van der Waals surface area contributed by atoms with E-state index in [2.05, 4.69) is 35.0 Å². The van der Waals surface area contributed by atoms with Crippen LogP contribution in [-0.2, 0) is 4.65 Å². The molecular weight excluding hydrogens is 437 g/mol. The highest BCUT2D eigenvalue weighted by Crippen LogP contribution is 2.27. The van der Waals surface area contributed by atoms with Crippen molar-refractivity contribution in [2.75, 3.05) is 43.5 Å². The number of hydrogen-bond acceptors (Lipinski definition) is 9. The molecule has 0 unspecified atom stereocenters. The van der Waals surface area contributed by atoms with Crippen LogP contribution in [0.5, 0.6) is 0 Å². The van der Waals surface area contributed by atoms with E-state index in [4.69, 9.17) is 4.65 Å². The Morgan fingerprint density at radius 3 is 2.85 bits per heavy atom. The van der Waals surface area contributed by atoms with Crippen molar-refractivity contribution in [2.45, 2.75) is 0 Å². The van der Waals surface area contributed by atoms with Crippen LogP contribution in [0.4, 0.5) is 11.4 Å². The monoisotopic (exact) mass is 459 g/mol. The quantitative estimate of drug-likeness (QED) is 0.440. The van der Waals surface area contributed by atoms with Gasteiger partial charge >= 0.3 is 7.62 Å². The van der Waals surface area contributed by atoms with E-state index >= 15 is 0 Å². The van der Waals surface area contributed by atoms with Crippen LogP contribution in [-0.4, -0.2) is 71.6 Å². The highest BCUT2D eigenvalue weighted by molar-refractivity contribution is 7.16. The molecule has 0 spiro atoms. The molecule has 1 amide bonds. The zero-order valence-electron chi connectivity index (χ0n) is 18.1. The molecule has 1 N–H and O–H groups in total. The van der Waals surface area contributed by atoms with Gasteiger partial charge in [0.05, 0.1) is 33.3 Å². The summed E-state index contributed by atoms with van der Waals surface area (Å²) < 4.78 is 6.28. The Bertz CT molecular complexity index is 1280. The fraction of sp³-hybridized carbons (Fsp3) is 0.227. The first-order valence-corrected chi connectivity index (χ1v) is 11.5. The maximum atomic E-state index is 13.1. The second-order valence-corrected chi connectivity index (χ2v) is 8.56. The molecule has 0 atom stereocenters. The van der Waals surface area contributed by atoms with Crippen LogP contribution in [0.2, 0.25) is 0 Å². The number of pyridine rings is 1. The minimum absolute atomic E-state index is 0.295. The molecular formula is C22H22BN7O2S. The minimum atomic E-state index is -0.301. The lowest BCUT2D eigenvalue weighted by Gasteiger charge is -2.36. The van der Waals surface area contributed by atoms with E-state index in [0.29, 0.717) is 24.8 Å². The van der Waals surface area contributed by atoms with Gasteiger partial charge in [0, 0.05) is 51.2 Å². The van der Waals surface area contributed by atoms with Crippen LogP contribution in [0.1, 0.15) is 10.5 Å². The number of fused-ring (bicyclic) bond motifs is 1. The number of amides is 1. The number of hydrogen-bond donors (Lipinski definition) is 1. The van der Waals surface area contributed by atoms with Gasteiger partial charge in [-0.25, -0.2) is 15.0 Å². The number of thiazole rings is 1. The number of aromatic nitrogens is 4. The van der Waals surface area contributed by atoms with Crippen molar-refractivity contribution in [3.8, 4) is 11.4 Å². The smallest absolute Gasteiger partial charge is 0.363 e. The molecule has 11 heteroatoms. The van der Waals surface area contributed by atoms with Crippen molar-refractivity contribution in [1.29, 1.82) is 0 Å². The van der Waals surface area contributed by atoms with Gasteiger partial charge in [-0.05, 0) is 30.3 Å². The molecule has 0 saturated carbocycles. The lowest BCUT2D eigenvalue weighted by molar-refractivity contribution is 0.102. The summed E-state index contributed by atoms with van der Waals surface area (Å²) in [4.78, 5) is 34.9. The third-order valence-electron chi connectivity index (χ3n) is 5.55. The van der Waals surface area contributed by atoms with E-state index in [1.165, 1.54) is 0 Å². The Labute approximate surface area is 195 Å². The van der Waals surface area contributed by atoms with Crippen molar-refractivity contribution in [1.82, 2.24) is 24.7 Å². The van der Waals surface area contributed by atoms with Gasteiger partial charge in [-0.2, -0.15) is 0 Å². The normalized spacial score (nSPS) is 14.4. The fourth-order valence-corrected chi connectivity index (χ4v) is 4.58. The summed E-state index contributed by atoms with van der Waals surface area (Å²) in [5, 5.41) is 2.99. The van der Waals surface area contributed by atoms with Crippen LogP contribution in [0, 0.1) is 0 Å². The Morgan fingerprint density at radius 2 is 2.00 bits per heavy atom. The first kappa shape index (κ1) is 21.4. The van der Waals surface area contributed by atoms with Gasteiger partial charge in [0.15, 0.2) is 5.82 Å². The maximum absolute atomic E-state index is 13.1. The summed E-state index contributed by atoms with van der Waals surface area (Å²) in [5.74, 6) is 0.198. The van der Waals surface area contributed by atoms with Crippen molar-refractivity contribution in [3.63, 3.8) is 0 Å². The van der Waals surface area contributed by atoms with Crippen LogP contribution >= 0.6 is 11.3 Å². The Kier molecular flexibility index (Phi) is 6.25. The predicted octanol–water partition coefficient (Wildman–Crippen LogP) is 2.44. The number of carbonyl (C=O) groups excluding carboxylic acids is 1. The van der Waals surface area contributed by atoms with E-state index in [1.54, 1.807) is 43.1 Å². The molecule has 0 bridgehead atoms. The second-order valence-electron chi connectivity index (χ2n) is 7.67. The largest absolute Gasteiger partial charge is 0.427 e. The minimum Gasteiger partial charge on any atom is -0.427 e. The van der Waals surface area contributed by atoms with Gasteiger partial charge in [0.1, 0.15) is 5.69 Å². The van der Waals surface area contributed by atoms with Crippen LogP contribution in [0.25, 0.3) is 21.6 Å². The molecule has 4 aromatic rings. The zero-order chi connectivity index (χ0) is 22.6. The standard InChI is InChI=1S/C22H22BN7O2S/c1-32-23-30-10-8-29(9-11-30)19-5-6-24-13-18(19)28-22(31)17-4-7-25-21(27-17)15-2-3-16-20(12-15)33-14-26-16/h2-7,12-14,23H,8-11H2,1H3,(H,28,31). The average Bonchev–Trinajstić information content (AvgIpc) is 3.33. The maximum Gasteiger partial charge on any atom is 0.363 e. The van der Waals surface area contributed by atoms with Gasteiger partial charge in [-0.1, -0.05) is 0 Å². The lowest BCUT2D eigenvalue weighted by atomic mass is 10.1. The number of benzene rings is 1. The highest BCUT2D eigenvalue weighted by Gasteiger charge is 2.21. The topological polar surface area (TPSA) is 96.4 Å². The first-order chi connectivity index (χ1) is 16.2. The number of piperazine rings is 1. The molecule has 1 saturated heterocycles. The first-order valence-electron chi connectivity index (χ1n) is 10.6. The Morgan fingerprint density at radius 1 is 1.12 bits per heavy atom. The van der Waals surface area contributed by atoms with Crippen molar-refractivity contribution in [3.05, 3.63) is 60.1 Å². The number of carbonyl (C=O) groups is 1. The molecule has 1 aliphatic rings. The molecule has 3 aromatic heterocycles. The molecule has 4 heterocycles. The highest BCUT2D eigenvalue weighted by atomic mass is 32.1. The number of nitrogens with zero attached hydrogens (tertiary/aromatic N) is 6. The fourth-order valence-electron chi connectivity index (χ4n) is 3.86. The van der Waals surface area contributed by atoms with Gasteiger partial charge in [-0.15, -0.1) is 11.3 Å². The van der Waals surface area contributed by atoms with E-state index in [1.807, 2.05) is 29.8 Å². The molecule has 166 valence electrons. The second kappa shape index (κ2) is 9.61. The molecule has 33 heavy (non-hydrogen) atoms. The molecule has 5 rings (SSSR count). The zero-order valence-corrected chi connectivity index (χ0v) is 19.0. The van der Waals surface area contributed by atoms with Gasteiger partial charge in [-0.3, -0.25) is 9.78 Å². The summed E-state index contributed by atoms with van der Waals surface area (Å²) in [6.45, 7) is 3.47. The summed E-state index contributed by atoms with van der Waals surface area (Å²) in [6.07, 6.45) is 5.02. The molecule has 0 radical (unpaired) electrons. The number of anilines is 2. The van der Waals surface area contributed by atoms with Crippen molar-refractivity contribution in [2.24, 2.45) is 0 Å². The molecule has 1 fully saturated rings. The summed E-state index contributed by atoms with van der Waals surface area (Å²) in [5.41, 5.74) is 5.49. The third kappa shape index (κ3) is 4.70. The predicted molar refractivity (Wildman–Crippen MR) is 131 cm³/mol. The molecule has 1 aromatic carbocycles. The summed E-state index contributed by atoms with van der Waals surface area (Å²) >= 11 is 1.56. The van der Waals surface area contributed by atoms with Crippen molar-refractivity contribution < 1.29 is 9.45 Å². The van der Waals surface area contributed by atoms with Gasteiger partial charge in [0.25, 0.3) is 5.91 Å². The van der Waals surface area contributed by atoms with E-state index in [0.717, 1.165) is 47.6 Å². The SMILES string of the molecule is COBN1CCN(c2ccncc2NC(=O)c2ccnc(-c3ccc4ncsc4c3)n2)CC1. The van der Waals surface area contributed by atoms with Crippen molar-refractivity contribution >= 4 is 46.5 Å². The molecule has 0 aliphatic carbocycles. The third-order valence-corrected chi connectivity index (χ3v) is 6.34. The van der Waals surface area contributed by atoms with Crippen LogP contribution < -0.4 is 10.2 Å². The van der Waals surface area contributed by atoms with E-state index in [9.17, 15) is 4.79 Å². The molecule has 9 nitrogen and oxygen atoms in total. The van der Waals surface area contributed by atoms with E-state index in [-0.39, 0.29) is 5.91 Å². The van der Waals surface area contributed by atoms with Crippen LogP contribution in [0.3, 0.4) is 0 Å². The van der Waals surface area contributed by atoms with E-state index < -0.39 is 0 Å².